The van der Waals surface area contributed by atoms with Crippen molar-refractivity contribution in [3.05, 3.63) is 76.9 Å². The van der Waals surface area contributed by atoms with Crippen molar-refractivity contribution in [1.29, 1.82) is 0 Å². The fraction of sp³-hybridized carbons (Fsp3) is 0.250. The molecule has 5 rings (SSSR count). The van der Waals surface area contributed by atoms with Gasteiger partial charge < -0.3 is 4.42 Å². The predicted molar refractivity (Wildman–Crippen MR) is 132 cm³/mol. The summed E-state index contributed by atoms with van der Waals surface area (Å²) in [5, 5.41) is 5.26. The van der Waals surface area contributed by atoms with Crippen molar-refractivity contribution in [3.63, 3.8) is 0 Å². The lowest BCUT2D eigenvalue weighted by molar-refractivity contribution is 0.258. The second-order valence-corrected chi connectivity index (χ2v) is 10.7. The molecule has 0 radical (unpaired) electrons. The van der Waals surface area contributed by atoms with Gasteiger partial charge in [0.25, 0.3) is 0 Å². The average molecular weight is 507 g/mol. The zero-order chi connectivity index (χ0) is 22.1. The number of rotatable bonds is 5. The molecule has 0 saturated carbocycles. The minimum Gasteiger partial charge on any atom is -0.460 e. The second-order valence-electron chi connectivity index (χ2n) is 7.97. The van der Waals surface area contributed by atoms with Crippen LogP contribution in [0.5, 0.6) is 0 Å². The molecule has 3 heterocycles. The SMILES string of the molecule is Cl.O=S(=O)(c1cccc(F)c1)N1CCCN(Cc2cc3cc(-c4ccsc4)ccc3o2)CC1. The first-order valence-corrected chi connectivity index (χ1v) is 12.9. The third-order valence-electron chi connectivity index (χ3n) is 5.78. The molecular weight excluding hydrogens is 483 g/mol. The van der Waals surface area contributed by atoms with Crippen molar-refractivity contribution in [2.24, 2.45) is 0 Å². The third-order valence-corrected chi connectivity index (χ3v) is 8.36. The molecule has 1 fully saturated rings. The summed E-state index contributed by atoms with van der Waals surface area (Å²) in [5.74, 6) is 0.318. The van der Waals surface area contributed by atoms with Crippen LogP contribution >= 0.6 is 23.7 Å². The number of halogens is 2. The van der Waals surface area contributed by atoms with Crippen molar-refractivity contribution in [2.75, 3.05) is 26.2 Å². The van der Waals surface area contributed by atoms with Gasteiger partial charge in [-0.1, -0.05) is 12.1 Å². The Balaban J connectivity index is 0.00000259. The Morgan fingerprint density at radius 3 is 2.64 bits per heavy atom. The number of benzene rings is 2. The number of thiophene rings is 1. The third kappa shape index (κ3) is 5.15. The molecule has 1 aliphatic rings. The number of hydrogen-bond acceptors (Lipinski definition) is 5. The predicted octanol–water partition coefficient (Wildman–Crippen LogP) is 5.62. The molecule has 0 N–H and O–H groups in total. The van der Waals surface area contributed by atoms with Gasteiger partial charge in [-0.15, -0.1) is 12.4 Å². The highest BCUT2D eigenvalue weighted by molar-refractivity contribution is 7.89. The van der Waals surface area contributed by atoms with E-state index < -0.39 is 15.8 Å². The van der Waals surface area contributed by atoms with Gasteiger partial charge in [-0.05, 0) is 77.3 Å². The van der Waals surface area contributed by atoms with Crippen LogP contribution in [-0.2, 0) is 16.6 Å². The van der Waals surface area contributed by atoms with Gasteiger partial charge in [0.1, 0.15) is 17.2 Å². The van der Waals surface area contributed by atoms with Crippen molar-refractivity contribution < 1.29 is 17.2 Å². The van der Waals surface area contributed by atoms with Crippen LogP contribution in [0.25, 0.3) is 22.1 Å². The summed E-state index contributed by atoms with van der Waals surface area (Å²) in [4.78, 5) is 2.21. The molecule has 1 saturated heterocycles. The van der Waals surface area contributed by atoms with Gasteiger partial charge in [0.05, 0.1) is 11.4 Å². The summed E-state index contributed by atoms with van der Waals surface area (Å²) in [6.45, 7) is 2.76. The maximum absolute atomic E-state index is 13.5. The van der Waals surface area contributed by atoms with E-state index >= 15 is 0 Å². The monoisotopic (exact) mass is 506 g/mol. The van der Waals surface area contributed by atoms with Crippen LogP contribution in [0.15, 0.2) is 74.7 Å². The Bertz CT molecular complexity index is 1340. The van der Waals surface area contributed by atoms with Crippen LogP contribution in [0, 0.1) is 5.82 Å². The first-order valence-electron chi connectivity index (χ1n) is 10.5. The minimum atomic E-state index is -3.71. The summed E-state index contributed by atoms with van der Waals surface area (Å²) < 4.78 is 46.9. The van der Waals surface area contributed by atoms with Crippen LogP contribution in [0.1, 0.15) is 12.2 Å². The highest BCUT2D eigenvalue weighted by atomic mass is 35.5. The van der Waals surface area contributed by atoms with Gasteiger partial charge >= 0.3 is 0 Å². The minimum absolute atomic E-state index is 0. The molecule has 2 aromatic heterocycles. The van der Waals surface area contributed by atoms with Crippen LogP contribution in [0.2, 0.25) is 0 Å². The smallest absolute Gasteiger partial charge is 0.243 e. The van der Waals surface area contributed by atoms with Gasteiger partial charge in [-0.3, -0.25) is 4.90 Å². The number of fused-ring (bicyclic) bond motifs is 1. The van der Waals surface area contributed by atoms with Crippen molar-refractivity contribution >= 4 is 44.7 Å². The maximum atomic E-state index is 13.5. The van der Waals surface area contributed by atoms with E-state index in [9.17, 15) is 12.8 Å². The van der Waals surface area contributed by atoms with Gasteiger partial charge in [-0.25, -0.2) is 12.8 Å². The highest BCUT2D eigenvalue weighted by Gasteiger charge is 2.27. The molecule has 174 valence electrons. The van der Waals surface area contributed by atoms with E-state index in [0.717, 1.165) is 29.3 Å². The molecule has 0 bridgehead atoms. The fourth-order valence-electron chi connectivity index (χ4n) is 4.13. The van der Waals surface area contributed by atoms with E-state index in [1.165, 1.54) is 33.6 Å². The van der Waals surface area contributed by atoms with Crippen molar-refractivity contribution in [2.45, 2.75) is 17.9 Å². The maximum Gasteiger partial charge on any atom is 0.243 e. The van der Waals surface area contributed by atoms with Gasteiger partial charge in [0.2, 0.25) is 10.0 Å². The second kappa shape index (κ2) is 9.95. The fourth-order valence-corrected chi connectivity index (χ4v) is 6.29. The molecule has 1 aliphatic heterocycles. The quantitative estimate of drug-likeness (QED) is 0.352. The molecule has 0 unspecified atom stereocenters. The normalized spacial score (nSPS) is 15.9. The van der Waals surface area contributed by atoms with Crippen LogP contribution in [0.4, 0.5) is 4.39 Å². The van der Waals surface area contributed by atoms with E-state index in [1.54, 1.807) is 11.3 Å². The molecule has 2 aromatic carbocycles. The first kappa shape index (κ1) is 23.9. The van der Waals surface area contributed by atoms with Crippen LogP contribution in [0.3, 0.4) is 0 Å². The van der Waals surface area contributed by atoms with Gasteiger partial charge in [-0.2, -0.15) is 15.6 Å². The van der Waals surface area contributed by atoms with E-state index in [-0.39, 0.29) is 17.3 Å². The number of sulfonamides is 1. The van der Waals surface area contributed by atoms with E-state index in [4.69, 9.17) is 4.42 Å². The Hall–Kier alpha value is -2.23. The van der Waals surface area contributed by atoms with Crippen LogP contribution < -0.4 is 0 Å². The Labute approximate surface area is 202 Å². The van der Waals surface area contributed by atoms with E-state index in [1.807, 2.05) is 6.07 Å². The lowest BCUT2D eigenvalue weighted by Gasteiger charge is -2.21. The lowest BCUT2D eigenvalue weighted by atomic mass is 10.1. The van der Waals surface area contributed by atoms with Crippen LogP contribution in [-0.4, -0.2) is 43.8 Å². The lowest BCUT2D eigenvalue weighted by Crippen LogP contribution is -2.35. The standard InChI is InChI=1S/C24H23FN2O3S2.ClH/c25-21-3-1-4-23(15-21)32(28,29)27-9-2-8-26(10-11-27)16-22-14-20-13-18(5-6-24(20)30-22)19-7-12-31-17-19;/h1,3-7,12-15,17H,2,8-11,16H2;1H. The summed E-state index contributed by atoms with van der Waals surface area (Å²) in [7, 11) is -3.71. The molecule has 0 aliphatic carbocycles. The van der Waals surface area contributed by atoms with Gasteiger partial charge in [0, 0.05) is 25.0 Å². The zero-order valence-electron chi connectivity index (χ0n) is 17.8. The molecule has 0 spiro atoms. The summed E-state index contributed by atoms with van der Waals surface area (Å²) in [5.41, 5.74) is 3.22. The van der Waals surface area contributed by atoms with Crippen molar-refractivity contribution in [1.82, 2.24) is 9.21 Å². The molecule has 0 amide bonds. The Morgan fingerprint density at radius 2 is 1.85 bits per heavy atom. The molecular formula is C24H24ClFN2O3S2. The Kier molecular flexibility index (Phi) is 7.21. The highest BCUT2D eigenvalue weighted by Crippen LogP contribution is 2.29. The summed E-state index contributed by atoms with van der Waals surface area (Å²) in [6.07, 6.45) is 0.705. The molecule has 33 heavy (non-hydrogen) atoms. The molecule has 5 nitrogen and oxygen atoms in total. The van der Waals surface area contributed by atoms with Crippen molar-refractivity contribution in [3.8, 4) is 11.1 Å². The number of hydrogen-bond donors (Lipinski definition) is 0. The number of furan rings is 1. The summed E-state index contributed by atoms with van der Waals surface area (Å²) >= 11 is 1.68. The van der Waals surface area contributed by atoms with E-state index in [2.05, 4.69) is 39.9 Å². The largest absolute Gasteiger partial charge is 0.460 e. The average Bonchev–Trinajstić information content (AvgIpc) is 3.38. The first-order chi connectivity index (χ1) is 15.5. The topological polar surface area (TPSA) is 53.8 Å². The molecule has 9 heteroatoms. The Morgan fingerprint density at radius 1 is 0.970 bits per heavy atom. The molecule has 0 atom stereocenters. The number of nitrogens with zero attached hydrogens (tertiary/aromatic N) is 2. The van der Waals surface area contributed by atoms with Gasteiger partial charge in [0.15, 0.2) is 0 Å². The summed E-state index contributed by atoms with van der Waals surface area (Å²) in [6, 6.07) is 15.6. The zero-order valence-corrected chi connectivity index (χ0v) is 20.3. The molecule has 4 aromatic rings. The van der Waals surface area contributed by atoms with E-state index in [0.29, 0.717) is 32.6 Å².